The van der Waals surface area contributed by atoms with E-state index in [2.05, 4.69) is 54.0 Å². The van der Waals surface area contributed by atoms with Crippen molar-refractivity contribution >= 4 is 6.03 Å². The van der Waals surface area contributed by atoms with Crippen molar-refractivity contribution in [3.05, 3.63) is 24.0 Å². The summed E-state index contributed by atoms with van der Waals surface area (Å²) < 4.78 is 2.17. The first-order valence-electron chi connectivity index (χ1n) is 7.47. The fourth-order valence-electron chi connectivity index (χ4n) is 3.52. The van der Waals surface area contributed by atoms with Gasteiger partial charge in [-0.1, -0.05) is 0 Å². The van der Waals surface area contributed by atoms with Crippen molar-refractivity contribution in [2.45, 2.75) is 44.9 Å². The molecule has 0 aromatic carbocycles. The van der Waals surface area contributed by atoms with Crippen molar-refractivity contribution in [3.63, 3.8) is 0 Å². The third kappa shape index (κ3) is 2.30. The lowest BCUT2D eigenvalue weighted by molar-refractivity contribution is 0.121. The first-order chi connectivity index (χ1) is 9.56. The lowest BCUT2D eigenvalue weighted by Crippen LogP contribution is -2.51. The highest BCUT2D eigenvalue weighted by atomic mass is 16.2. The van der Waals surface area contributed by atoms with Crippen LogP contribution in [-0.4, -0.2) is 51.6 Å². The Bertz CT molecular complexity index is 496. The molecular weight excluding hydrogens is 252 g/mol. The predicted octanol–water partition coefficient (Wildman–Crippen LogP) is 1.40. The molecule has 110 valence electrons. The Hall–Kier alpha value is -1.49. The largest absolute Gasteiger partial charge is 0.353 e. The number of fused-ring (bicyclic) bond motifs is 1. The molecule has 3 rings (SSSR count). The van der Waals surface area contributed by atoms with Crippen LogP contribution in [0.4, 0.5) is 4.79 Å². The van der Waals surface area contributed by atoms with Gasteiger partial charge in [0.2, 0.25) is 0 Å². The van der Waals surface area contributed by atoms with Crippen LogP contribution in [0.15, 0.2) is 18.3 Å². The van der Waals surface area contributed by atoms with Gasteiger partial charge in [0.05, 0.1) is 12.1 Å². The van der Waals surface area contributed by atoms with Gasteiger partial charge in [0.25, 0.3) is 0 Å². The number of nitrogens with zero attached hydrogens (tertiary/aromatic N) is 3. The lowest BCUT2D eigenvalue weighted by Gasteiger charge is -2.38. The fourth-order valence-corrected chi connectivity index (χ4v) is 3.52. The van der Waals surface area contributed by atoms with Crippen molar-refractivity contribution in [2.24, 2.45) is 7.05 Å². The van der Waals surface area contributed by atoms with Crippen LogP contribution in [0.5, 0.6) is 0 Å². The van der Waals surface area contributed by atoms with Gasteiger partial charge < -0.3 is 14.8 Å². The average molecular weight is 276 g/mol. The van der Waals surface area contributed by atoms with Gasteiger partial charge in [0.1, 0.15) is 0 Å². The SMILES string of the molecule is CC(C)N1C(=O)N[C@@H]2CN(Cc3cccn3C)CC[C@@H]21. The molecule has 1 aromatic rings. The average Bonchev–Trinajstić information content (AvgIpc) is 2.92. The van der Waals surface area contributed by atoms with Gasteiger partial charge in [-0.3, -0.25) is 4.90 Å². The zero-order valence-electron chi connectivity index (χ0n) is 12.5. The number of piperidine rings is 1. The standard InChI is InChI=1S/C15H24N4O/c1-11(2)19-14-6-8-18(10-13(14)16-15(19)20)9-12-5-4-7-17(12)3/h4-5,7,11,13-14H,6,8-10H2,1-3H3,(H,16,20)/t13-,14+/m1/s1. The highest BCUT2D eigenvalue weighted by molar-refractivity contribution is 5.78. The number of amides is 2. The van der Waals surface area contributed by atoms with Gasteiger partial charge in [-0.15, -0.1) is 0 Å². The number of rotatable bonds is 3. The minimum Gasteiger partial charge on any atom is -0.353 e. The molecule has 2 fully saturated rings. The number of carbonyl (C=O) groups is 1. The molecule has 0 bridgehead atoms. The Labute approximate surface area is 120 Å². The van der Waals surface area contributed by atoms with Crippen molar-refractivity contribution in [3.8, 4) is 0 Å². The zero-order chi connectivity index (χ0) is 14.3. The summed E-state index contributed by atoms with van der Waals surface area (Å²) >= 11 is 0. The molecule has 0 unspecified atom stereocenters. The molecule has 1 aromatic heterocycles. The maximum atomic E-state index is 12.1. The summed E-state index contributed by atoms with van der Waals surface area (Å²) in [6.45, 7) is 7.16. The minimum absolute atomic E-state index is 0.107. The van der Waals surface area contributed by atoms with Crippen LogP contribution >= 0.6 is 0 Å². The van der Waals surface area contributed by atoms with Gasteiger partial charge in [0.15, 0.2) is 0 Å². The molecule has 2 saturated heterocycles. The number of aryl methyl sites for hydroxylation is 1. The van der Waals surface area contributed by atoms with E-state index in [1.807, 2.05) is 4.90 Å². The molecular formula is C15H24N4O. The summed E-state index contributed by atoms with van der Waals surface area (Å²) in [6.07, 6.45) is 3.14. The molecule has 2 atom stereocenters. The molecule has 2 aliphatic heterocycles. The number of aromatic nitrogens is 1. The quantitative estimate of drug-likeness (QED) is 0.906. The van der Waals surface area contributed by atoms with Crippen molar-refractivity contribution in [1.29, 1.82) is 0 Å². The van der Waals surface area contributed by atoms with Gasteiger partial charge in [-0.25, -0.2) is 4.79 Å². The molecule has 2 amide bonds. The Balaban J connectivity index is 1.65. The van der Waals surface area contributed by atoms with Crippen molar-refractivity contribution in [2.75, 3.05) is 13.1 Å². The van der Waals surface area contributed by atoms with Crippen LogP contribution in [0.3, 0.4) is 0 Å². The molecule has 0 radical (unpaired) electrons. The van der Waals surface area contributed by atoms with Gasteiger partial charge in [-0.05, 0) is 32.4 Å². The second-order valence-electron chi connectivity index (χ2n) is 6.26. The van der Waals surface area contributed by atoms with E-state index in [-0.39, 0.29) is 18.1 Å². The van der Waals surface area contributed by atoms with E-state index in [4.69, 9.17) is 0 Å². The van der Waals surface area contributed by atoms with E-state index in [9.17, 15) is 4.79 Å². The summed E-state index contributed by atoms with van der Waals surface area (Å²) in [5.41, 5.74) is 1.33. The number of likely N-dealkylation sites (tertiary alicyclic amines) is 1. The molecule has 2 aliphatic rings. The molecule has 0 spiro atoms. The summed E-state index contributed by atoms with van der Waals surface area (Å²) in [4.78, 5) is 16.5. The van der Waals surface area contributed by atoms with E-state index in [0.29, 0.717) is 6.04 Å². The maximum Gasteiger partial charge on any atom is 0.318 e. The van der Waals surface area contributed by atoms with Crippen LogP contribution in [0.25, 0.3) is 0 Å². The topological polar surface area (TPSA) is 40.5 Å². The molecule has 1 N–H and O–H groups in total. The highest BCUT2D eigenvalue weighted by Gasteiger charge is 2.43. The molecule has 5 heteroatoms. The summed E-state index contributed by atoms with van der Waals surface area (Å²) in [5.74, 6) is 0. The normalized spacial score (nSPS) is 27.0. The molecule has 3 heterocycles. The van der Waals surface area contributed by atoms with Crippen molar-refractivity contribution in [1.82, 2.24) is 19.7 Å². The number of hydrogen-bond donors (Lipinski definition) is 1. The highest BCUT2D eigenvalue weighted by Crippen LogP contribution is 2.25. The van der Waals surface area contributed by atoms with E-state index in [1.54, 1.807) is 0 Å². The number of carbonyl (C=O) groups excluding carboxylic acids is 1. The van der Waals surface area contributed by atoms with Crippen molar-refractivity contribution < 1.29 is 4.79 Å². The first kappa shape index (κ1) is 13.5. The number of nitrogens with one attached hydrogen (secondary N) is 1. The first-order valence-corrected chi connectivity index (χ1v) is 7.47. The second kappa shape index (κ2) is 5.13. The maximum absolute atomic E-state index is 12.1. The van der Waals surface area contributed by atoms with Crippen LogP contribution < -0.4 is 5.32 Å². The molecule has 0 saturated carbocycles. The molecule has 5 nitrogen and oxygen atoms in total. The third-order valence-electron chi connectivity index (χ3n) is 4.55. The van der Waals surface area contributed by atoms with Gasteiger partial charge in [0, 0.05) is 44.6 Å². The summed E-state index contributed by atoms with van der Waals surface area (Å²) in [5, 5.41) is 3.15. The summed E-state index contributed by atoms with van der Waals surface area (Å²) in [6, 6.07) is 5.28. The van der Waals surface area contributed by atoms with Crippen LogP contribution in [0, 0.1) is 0 Å². The van der Waals surface area contributed by atoms with E-state index in [0.717, 1.165) is 26.1 Å². The van der Waals surface area contributed by atoms with Gasteiger partial charge in [-0.2, -0.15) is 0 Å². The Morgan fingerprint density at radius 3 is 2.90 bits per heavy atom. The minimum atomic E-state index is 0.107. The number of urea groups is 1. The summed E-state index contributed by atoms with van der Waals surface area (Å²) in [7, 11) is 2.08. The van der Waals surface area contributed by atoms with Crippen LogP contribution in [0.1, 0.15) is 26.0 Å². The zero-order valence-corrected chi connectivity index (χ0v) is 12.5. The lowest BCUT2D eigenvalue weighted by atomic mass is 9.99. The predicted molar refractivity (Wildman–Crippen MR) is 78.4 cm³/mol. The van der Waals surface area contributed by atoms with E-state index in [1.165, 1.54) is 5.69 Å². The second-order valence-corrected chi connectivity index (χ2v) is 6.26. The monoisotopic (exact) mass is 276 g/mol. The Kier molecular flexibility index (Phi) is 3.46. The third-order valence-corrected chi connectivity index (χ3v) is 4.55. The van der Waals surface area contributed by atoms with E-state index < -0.39 is 0 Å². The smallest absolute Gasteiger partial charge is 0.318 e. The van der Waals surface area contributed by atoms with Gasteiger partial charge >= 0.3 is 6.03 Å². The van der Waals surface area contributed by atoms with Crippen LogP contribution in [0.2, 0.25) is 0 Å². The Morgan fingerprint density at radius 2 is 2.25 bits per heavy atom. The van der Waals surface area contributed by atoms with Crippen LogP contribution in [-0.2, 0) is 13.6 Å². The van der Waals surface area contributed by atoms with E-state index >= 15 is 0 Å². The number of hydrogen-bond acceptors (Lipinski definition) is 2. The molecule has 20 heavy (non-hydrogen) atoms. The molecule has 0 aliphatic carbocycles. The fraction of sp³-hybridized carbons (Fsp3) is 0.667. The Morgan fingerprint density at radius 1 is 1.45 bits per heavy atom.